The third kappa shape index (κ3) is 4.45. The number of piperidine rings is 1. The molecule has 0 bridgehead atoms. The number of aryl methyl sites for hydroxylation is 1. The van der Waals surface area contributed by atoms with Crippen molar-refractivity contribution in [3.63, 3.8) is 0 Å². The zero-order valence-electron chi connectivity index (χ0n) is 12.5. The van der Waals surface area contributed by atoms with Crippen LogP contribution in [0.1, 0.15) is 29.0 Å². The summed E-state index contributed by atoms with van der Waals surface area (Å²) in [6, 6.07) is 1.20. The maximum absolute atomic E-state index is 12.2. The zero-order valence-corrected chi connectivity index (χ0v) is 14.2. The molecule has 22 heavy (non-hydrogen) atoms. The van der Waals surface area contributed by atoms with Gasteiger partial charge in [0.05, 0.1) is 7.11 Å². The Labute approximate surface area is 136 Å². The van der Waals surface area contributed by atoms with Crippen molar-refractivity contribution in [2.24, 2.45) is 5.92 Å². The summed E-state index contributed by atoms with van der Waals surface area (Å²) < 4.78 is 36.6. The quantitative estimate of drug-likeness (QED) is 0.769. The van der Waals surface area contributed by atoms with Gasteiger partial charge in [-0.3, -0.25) is 0 Å². The van der Waals surface area contributed by atoms with Crippen molar-refractivity contribution in [2.45, 2.75) is 24.9 Å². The molecule has 0 aliphatic carbocycles. The molecule has 0 saturated carbocycles. The Hall–Kier alpha value is -1.09. The van der Waals surface area contributed by atoms with Crippen LogP contribution >= 0.6 is 12.4 Å². The van der Waals surface area contributed by atoms with Crippen LogP contribution < -0.4 is 10.0 Å². The minimum Gasteiger partial charge on any atom is -0.465 e. The molecule has 0 spiro atoms. The fourth-order valence-electron chi connectivity index (χ4n) is 2.30. The highest BCUT2D eigenvalue weighted by Crippen LogP contribution is 2.20. The van der Waals surface area contributed by atoms with Gasteiger partial charge in [0.1, 0.15) is 11.3 Å². The van der Waals surface area contributed by atoms with Crippen molar-refractivity contribution in [1.82, 2.24) is 10.0 Å². The number of hydrogen-bond donors (Lipinski definition) is 2. The second-order valence-electron chi connectivity index (χ2n) is 5.09. The topological polar surface area (TPSA) is 97.6 Å². The second-order valence-corrected chi connectivity index (χ2v) is 6.79. The molecule has 0 radical (unpaired) electrons. The molecule has 1 aliphatic rings. The number of furan rings is 1. The van der Waals surface area contributed by atoms with Crippen LogP contribution in [0.25, 0.3) is 0 Å². The molecule has 1 fully saturated rings. The van der Waals surface area contributed by atoms with Gasteiger partial charge in [-0.05, 0) is 38.8 Å². The van der Waals surface area contributed by atoms with Gasteiger partial charge in [-0.25, -0.2) is 17.9 Å². The molecule has 1 aliphatic heterocycles. The molecular weight excluding hydrogens is 332 g/mol. The van der Waals surface area contributed by atoms with Gasteiger partial charge in [0.2, 0.25) is 5.09 Å². The first-order valence-corrected chi connectivity index (χ1v) is 8.31. The molecule has 2 rings (SSSR count). The Morgan fingerprint density at radius 1 is 1.55 bits per heavy atom. The van der Waals surface area contributed by atoms with Crippen LogP contribution in [-0.4, -0.2) is 41.1 Å². The minimum atomic E-state index is -3.76. The number of methoxy groups -OCH3 is 1. The number of esters is 1. The van der Waals surface area contributed by atoms with Gasteiger partial charge in [0.25, 0.3) is 10.0 Å². The van der Waals surface area contributed by atoms with E-state index in [0.29, 0.717) is 6.54 Å². The standard InChI is InChI=1S/C13H20N2O5S.ClH/c1-9-11(13(16)19-2)6-12(20-9)21(17,18)15-8-10-4-3-5-14-7-10;/h6,10,14-15H,3-5,7-8H2,1-2H3;1H. The number of halogens is 1. The number of carbonyl (C=O) groups excluding carboxylic acids is 1. The Bertz CT molecular complexity index is 608. The van der Waals surface area contributed by atoms with Crippen molar-refractivity contribution >= 4 is 28.4 Å². The average Bonchev–Trinajstić information content (AvgIpc) is 2.88. The number of carbonyl (C=O) groups is 1. The lowest BCUT2D eigenvalue weighted by Crippen LogP contribution is -2.38. The lowest BCUT2D eigenvalue weighted by atomic mass is 10.0. The second kappa shape index (κ2) is 7.96. The largest absolute Gasteiger partial charge is 0.465 e. The number of hydrogen-bond acceptors (Lipinski definition) is 6. The smallest absolute Gasteiger partial charge is 0.341 e. The van der Waals surface area contributed by atoms with Crippen molar-refractivity contribution in [3.8, 4) is 0 Å². The number of rotatable bonds is 5. The van der Waals surface area contributed by atoms with E-state index in [1.54, 1.807) is 0 Å². The summed E-state index contributed by atoms with van der Waals surface area (Å²) in [6.07, 6.45) is 2.03. The fraction of sp³-hybridized carbons (Fsp3) is 0.615. The highest BCUT2D eigenvalue weighted by atomic mass is 35.5. The third-order valence-corrected chi connectivity index (χ3v) is 4.80. The van der Waals surface area contributed by atoms with Gasteiger partial charge in [0.15, 0.2) is 0 Å². The first kappa shape index (κ1) is 19.0. The molecule has 9 heteroatoms. The van der Waals surface area contributed by atoms with Crippen LogP contribution in [-0.2, 0) is 14.8 Å². The van der Waals surface area contributed by atoms with E-state index < -0.39 is 16.0 Å². The minimum absolute atomic E-state index is 0. The van der Waals surface area contributed by atoms with E-state index in [0.717, 1.165) is 25.9 Å². The van der Waals surface area contributed by atoms with E-state index >= 15 is 0 Å². The summed E-state index contributed by atoms with van der Waals surface area (Å²) in [5.41, 5.74) is 0.122. The summed E-state index contributed by atoms with van der Waals surface area (Å²) in [7, 11) is -2.52. The Morgan fingerprint density at radius 3 is 2.86 bits per heavy atom. The molecule has 1 aromatic heterocycles. The first-order chi connectivity index (χ1) is 9.94. The van der Waals surface area contributed by atoms with Crippen LogP contribution in [0, 0.1) is 12.8 Å². The van der Waals surface area contributed by atoms with Crippen LogP contribution in [0.2, 0.25) is 0 Å². The van der Waals surface area contributed by atoms with Gasteiger partial charge in [-0.2, -0.15) is 0 Å². The van der Waals surface area contributed by atoms with Crippen molar-refractivity contribution in [1.29, 1.82) is 0 Å². The predicted octanol–water partition coefficient (Wildman–Crippen LogP) is 1.07. The molecule has 1 atom stereocenters. The van der Waals surface area contributed by atoms with Crippen LogP contribution in [0.3, 0.4) is 0 Å². The lowest BCUT2D eigenvalue weighted by Gasteiger charge is -2.22. The van der Waals surface area contributed by atoms with Gasteiger partial charge in [-0.1, -0.05) is 0 Å². The van der Waals surface area contributed by atoms with Gasteiger partial charge >= 0.3 is 5.97 Å². The highest BCUT2D eigenvalue weighted by Gasteiger charge is 2.25. The Kier molecular flexibility index (Phi) is 6.86. The van der Waals surface area contributed by atoms with Crippen molar-refractivity contribution in [3.05, 3.63) is 17.4 Å². The molecular formula is C13H21ClN2O5S. The van der Waals surface area contributed by atoms with E-state index in [-0.39, 0.29) is 34.7 Å². The zero-order chi connectivity index (χ0) is 15.5. The van der Waals surface area contributed by atoms with Crippen molar-refractivity contribution in [2.75, 3.05) is 26.7 Å². The van der Waals surface area contributed by atoms with Gasteiger partial charge in [0, 0.05) is 12.6 Å². The SMILES string of the molecule is COC(=O)c1cc(S(=O)(=O)NCC2CCCNC2)oc1C.Cl. The van der Waals surface area contributed by atoms with Crippen LogP contribution in [0.5, 0.6) is 0 Å². The van der Waals surface area contributed by atoms with E-state index in [4.69, 9.17) is 4.42 Å². The molecule has 2 heterocycles. The molecule has 0 aromatic carbocycles. The molecule has 0 amide bonds. The summed E-state index contributed by atoms with van der Waals surface area (Å²) in [4.78, 5) is 11.5. The van der Waals surface area contributed by atoms with Crippen LogP contribution in [0.15, 0.2) is 15.6 Å². The van der Waals surface area contributed by atoms with E-state index in [9.17, 15) is 13.2 Å². The predicted molar refractivity (Wildman–Crippen MR) is 82.8 cm³/mol. The van der Waals surface area contributed by atoms with Crippen LogP contribution in [0.4, 0.5) is 0 Å². The summed E-state index contributed by atoms with van der Waals surface area (Å²) in [5.74, 6) is -0.125. The first-order valence-electron chi connectivity index (χ1n) is 6.83. The van der Waals surface area contributed by atoms with E-state index in [1.165, 1.54) is 20.1 Å². The van der Waals surface area contributed by atoms with E-state index in [2.05, 4.69) is 14.8 Å². The van der Waals surface area contributed by atoms with Gasteiger partial charge < -0.3 is 14.5 Å². The highest BCUT2D eigenvalue weighted by molar-refractivity contribution is 7.89. The molecule has 1 unspecified atom stereocenters. The lowest BCUT2D eigenvalue weighted by molar-refractivity contribution is 0.0599. The molecule has 2 N–H and O–H groups in total. The summed E-state index contributed by atoms with van der Waals surface area (Å²) in [6.45, 7) is 3.65. The Balaban J connectivity index is 0.00000242. The monoisotopic (exact) mass is 352 g/mol. The molecule has 7 nitrogen and oxygen atoms in total. The number of nitrogens with one attached hydrogen (secondary N) is 2. The Morgan fingerprint density at radius 2 is 2.27 bits per heavy atom. The summed E-state index contributed by atoms with van der Waals surface area (Å²) in [5, 5.41) is 2.97. The van der Waals surface area contributed by atoms with E-state index in [1.807, 2.05) is 0 Å². The molecule has 126 valence electrons. The maximum Gasteiger partial charge on any atom is 0.341 e. The molecule has 1 saturated heterocycles. The molecule has 1 aromatic rings. The number of ether oxygens (including phenoxy) is 1. The average molecular weight is 353 g/mol. The fourth-order valence-corrected chi connectivity index (χ4v) is 3.40. The summed E-state index contributed by atoms with van der Waals surface area (Å²) >= 11 is 0. The van der Waals surface area contributed by atoms with Crippen molar-refractivity contribution < 1.29 is 22.4 Å². The number of sulfonamides is 1. The normalized spacial score (nSPS) is 18.5. The third-order valence-electron chi connectivity index (χ3n) is 3.53. The maximum atomic E-state index is 12.2. The van der Waals surface area contributed by atoms with Gasteiger partial charge in [-0.15, -0.1) is 12.4 Å².